The average molecular weight is 368 g/mol. The van der Waals surface area contributed by atoms with Gasteiger partial charge >= 0.3 is 0 Å². The first-order valence-electron chi connectivity index (χ1n) is 9.17. The van der Waals surface area contributed by atoms with Crippen LogP contribution in [0, 0.1) is 6.92 Å². The molecule has 0 saturated carbocycles. The summed E-state index contributed by atoms with van der Waals surface area (Å²) in [5.74, 6) is -0.548. The molecule has 1 aliphatic rings. The molecule has 0 fully saturated rings. The van der Waals surface area contributed by atoms with E-state index in [9.17, 15) is 9.59 Å². The fourth-order valence-corrected chi connectivity index (χ4v) is 3.33. The Bertz CT molecular complexity index is 1060. The maximum Gasteiger partial charge on any atom is 0.252 e. The Morgan fingerprint density at radius 1 is 0.929 bits per heavy atom. The minimum Gasteiger partial charge on any atom is -0.337 e. The summed E-state index contributed by atoms with van der Waals surface area (Å²) in [5, 5.41) is 5.81. The van der Waals surface area contributed by atoms with E-state index in [-0.39, 0.29) is 11.8 Å². The number of hydrogen-bond donors (Lipinski definition) is 2. The molecule has 3 aromatic carbocycles. The highest BCUT2D eigenvalue weighted by Crippen LogP contribution is 2.33. The molecule has 1 atom stereocenters. The lowest BCUT2D eigenvalue weighted by molar-refractivity contribution is -0.116. The summed E-state index contributed by atoms with van der Waals surface area (Å²) >= 11 is 0. The minimum atomic E-state index is -0.782. The highest BCUT2D eigenvalue weighted by atomic mass is 16.2. The van der Waals surface area contributed by atoms with Crippen LogP contribution in [-0.4, -0.2) is 17.9 Å². The Balaban J connectivity index is 1.76. The number of nitrogens with one attached hydrogen (secondary N) is 2. The van der Waals surface area contributed by atoms with Crippen molar-refractivity contribution in [3.8, 4) is 0 Å². The number of anilines is 1. The SMILES string of the molecule is Cc1ccc2c(c1)NC(=O)C(NC(=O)c1ccccc1)C=C2c1ccccc1. The average Bonchev–Trinajstić information content (AvgIpc) is 2.85. The predicted octanol–water partition coefficient (Wildman–Crippen LogP) is 4.18. The van der Waals surface area contributed by atoms with Crippen LogP contribution in [0.15, 0.2) is 84.9 Å². The molecule has 4 rings (SSSR count). The second-order valence-electron chi connectivity index (χ2n) is 6.80. The predicted molar refractivity (Wildman–Crippen MR) is 111 cm³/mol. The van der Waals surface area contributed by atoms with Crippen molar-refractivity contribution < 1.29 is 9.59 Å². The smallest absolute Gasteiger partial charge is 0.252 e. The quantitative estimate of drug-likeness (QED) is 0.729. The van der Waals surface area contributed by atoms with Gasteiger partial charge in [0.15, 0.2) is 0 Å². The largest absolute Gasteiger partial charge is 0.337 e. The molecule has 3 aromatic rings. The first-order chi connectivity index (χ1) is 13.6. The molecule has 4 nitrogen and oxygen atoms in total. The van der Waals surface area contributed by atoms with E-state index in [1.165, 1.54) is 0 Å². The van der Waals surface area contributed by atoms with Crippen molar-refractivity contribution in [3.05, 3.63) is 107 Å². The number of fused-ring (bicyclic) bond motifs is 1. The molecule has 0 aromatic heterocycles. The minimum absolute atomic E-state index is 0.262. The fourth-order valence-electron chi connectivity index (χ4n) is 3.33. The van der Waals surface area contributed by atoms with Crippen molar-refractivity contribution >= 4 is 23.1 Å². The van der Waals surface area contributed by atoms with E-state index in [1.807, 2.05) is 67.6 Å². The highest BCUT2D eigenvalue weighted by molar-refractivity contribution is 6.07. The summed E-state index contributed by atoms with van der Waals surface area (Å²) < 4.78 is 0. The van der Waals surface area contributed by atoms with E-state index in [0.29, 0.717) is 5.56 Å². The Hall–Kier alpha value is -3.66. The first-order valence-corrected chi connectivity index (χ1v) is 9.17. The second kappa shape index (κ2) is 7.53. The molecular weight excluding hydrogens is 348 g/mol. The molecule has 1 aliphatic heterocycles. The van der Waals surface area contributed by atoms with Gasteiger partial charge in [-0.2, -0.15) is 0 Å². The molecule has 0 spiro atoms. The molecule has 138 valence electrons. The number of aryl methyl sites for hydroxylation is 1. The van der Waals surface area contributed by atoms with E-state index in [2.05, 4.69) is 10.6 Å². The van der Waals surface area contributed by atoms with Gasteiger partial charge in [0.2, 0.25) is 0 Å². The van der Waals surface area contributed by atoms with Gasteiger partial charge in [0.05, 0.1) is 0 Å². The van der Waals surface area contributed by atoms with Gasteiger partial charge in [0.1, 0.15) is 6.04 Å². The van der Waals surface area contributed by atoms with Gasteiger partial charge in [-0.05, 0) is 47.9 Å². The van der Waals surface area contributed by atoms with Gasteiger partial charge < -0.3 is 10.6 Å². The Morgan fingerprint density at radius 3 is 2.32 bits per heavy atom. The van der Waals surface area contributed by atoms with Gasteiger partial charge in [0.25, 0.3) is 11.8 Å². The van der Waals surface area contributed by atoms with Crippen LogP contribution in [0.4, 0.5) is 5.69 Å². The molecule has 0 aliphatic carbocycles. The Labute approximate surface area is 163 Å². The van der Waals surface area contributed by atoms with Crippen LogP contribution >= 0.6 is 0 Å². The molecule has 2 N–H and O–H groups in total. The first kappa shape index (κ1) is 17.7. The lowest BCUT2D eigenvalue weighted by atomic mass is 9.95. The summed E-state index contributed by atoms with van der Waals surface area (Å²) in [6, 6.07) is 24.0. The summed E-state index contributed by atoms with van der Waals surface area (Å²) in [6.07, 6.45) is 1.83. The van der Waals surface area contributed by atoms with Gasteiger partial charge in [-0.1, -0.05) is 60.7 Å². The Morgan fingerprint density at radius 2 is 1.61 bits per heavy atom. The van der Waals surface area contributed by atoms with Crippen LogP contribution in [-0.2, 0) is 4.79 Å². The number of rotatable bonds is 3. The third-order valence-electron chi connectivity index (χ3n) is 4.75. The van der Waals surface area contributed by atoms with Crippen molar-refractivity contribution in [2.45, 2.75) is 13.0 Å². The van der Waals surface area contributed by atoms with Crippen LogP contribution in [0.3, 0.4) is 0 Å². The van der Waals surface area contributed by atoms with Gasteiger partial charge in [-0.3, -0.25) is 9.59 Å². The van der Waals surface area contributed by atoms with Gasteiger partial charge in [0, 0.05) is 16.8 Å². The number of carbonyl (C=O) groups excluding carboxylic acids is 2. The van der Waals surface area contributed by atoms with E-state index < -0.39 is 6.04 Å². The normalized spacial score (nSPS) is 15.7. The summed E-state index contributed by atoms with van der Waals surface area (Å²) in [7, 11) is 0. The van der Waals surface area contributed by atoms with Crippen LogP contribution in [0.2, 0.25) is 0 Å². The summed E-state index contributed by atoms with van der Waals surface area (Å²) in [5.41, 5.74) is 5.15. The maximum atomic E-state index is 12.9. The fraction of sp³-hybridized carbons (Fsp3) is 0.0833. The van der Waals surface area contributed by atoms with E-state index in [1.54, 1.807) is 24.3 Å². The van der Waals surface area contributed by atoms with Crippen LogP contribution < -0.4 is 10.6 Å². The van der Waals surface area contributed by atoms with Crippen LogP contribution in [0.25, 0.3) is 5.57 Å². The van der Waals surface area contributed by atoms with Gasteiger partial charge in [-0.15, -0.1) is 0 Å². The zero-order chi connectivity index (χ0) is 19.5. The van der Waals surface area contributed by atoms with Crippen molar-refractivity contribution in [1.29, 1.82) is 0 Å². The van der Waals surface area contributed by atoms with Crippen molar-refractivity contribution in [3.63, 3.8) is 0 Å². The molecule has 2 amide bonds. The second-order valence-corrected chi connectivity index (χ2v) is 6.80. The van der Waals surface area contributed by atoms with Crippen LogP contribution in [0.5, 0.6) is 0 Å². The zero-order valence-electron chi connectivity index (χ0n) is 15.5. The van der Waals surface area contributed by atoms with Crippen molar-refractivity contribution in [2.75, 3.05) is 5.32 Å². The molecule has 0 saturated heterocycles. The van der Waals surface area contributed by atoms with E-state index in [4.69, 9.17) is 0 Å². The topological polar surface area (TPSA) is 58.2 Å². The molecular formula is C24H20N2O2. The molecule has 4 heteroatoms. The zero-order valence-corrected chi connectivity index (χ0v) is 15.5. The monoisotopic (exact) mass is 368 g/mol. The number of amides is 2. The van der Waals surface area contributed by atoms with E-state index in [0.717, 1.165) is 28.0 Å². The number of hydrogen-bond acceptors (Lipinski definition) is 2. The number of carbonyl (C=O) groups is 2. The molecule has 1 unspecified atom stereocenters. The van der Waals surface area contributed by atoms with Crippen molar-refractivity contribution in [2.24, 2.45) is 0 Å². The van der Waals surface area contributed by atoms with E-state index >= 15 is 0 Å². The molecule has 28 heavy (non-hydrogen) atoms. The summed E-state index contributed by atoms with van der Waals surface area (Å²) in [6.45, 7) is 1.98. The summed E-state index contributed by atoms with van der Waals surface area (Å²) in [4.78, 5) is 25.5. The maximum absolute atomic E-state index is 12.9. The third kappa shape index (κ3) is 3.58. The van der Waals surface area contributed by atoms with Gasteiger partial charge in [-0.25, -0.2) is 0 Å². The van der Waals surface area contributed by atoms with Crippen molar-refractivity contribution in [1.82, 2.24) is 5.32 Å². The Kier molecular flexibility index (Phi) is 4.77. The number of benzene rings is 3. The lowest BCUT2D eigenvalue weighted by Gasteiger charge is -2.14. The molecule has 0 bridgehead atoms. The molecule has 1 heterocycles. The standard InChI is InChI=1S/C24H20N2O2/c1-16-12-13-19-20(17-8-4-2-5-9-17)15-22(24(28)25-21(19)14-16)26-23(27)18-10-6-3-7-11-18/h2-15,22H,1H3,(H,25,28)(H,26,27). The highest BCUT2D eigenvalue weighted by Gasteiger charge is 2.26. The van der Waals surface area contributed by atoms with Crippen LogP contribution in [0.1, 0.15) is 27.0 Å². The third-order valence-corrected chi connectivity index (χ3v) is 4.75. The lowest BCUT2D eigenvalue weighted by Crippen LogP contribution is -2.42. The molecule has 0 radical (unpaired) electrons.